The highest BCUT2D eigenvalue weighted by molar-refractivity contribution is 5.85. The molecule has 55 heavy (non-hydrogen) atoms. The minimum Gasteiger partial charge on any atom is -0.318 e. The summed E-state index contributed by atoms with van der Waals surface area (Å²) in [6.45, 7) is 5.45. The molecule has 0 spiro atoms. The van der Waals surface area contributed by atoms with Crippen LogP contribution in [0.4, 0.5) is 0 Å². The number of hydrogen-bond acceptors (Lipinski definition) is 6. The van der Waals surface area contributed by atoms with E-state index in [1.807, 2.05) is 45.4 Å². The first kappa shape index (κ1) is 38.9. The monoisotopic (exact) mass is 742 g/mol. The van der Waals surface area contributed by atoms with Crippen molar-refractivity contribution in [2.24, 2.45) is 14.1 Å². The molecule has 8 rings (SSSR count). The van der Waals surface area contributed by atoms with E-state index in [1.54, 1.807) is 16.2 Å². The van der Waals surface area contributed by atoms with E-state index in [2.05, 4.69) is 41.5 Å². The lowest BCUT2D eigenvalue weighted by Crippen LogP contribution is -2.29. The summed E-state index contributed by atoms with van der Waals surface area (Å²) in [6, 6.07) is 14.2. The molecule has 0 radical (unpaired) electrons. The lowest BCUT2D eigenvalue weighted by molar-refractivity contribution is -0.119. The number of fused-ring (bicyclic) bond motifs is 2. The van der Waals surface area contributed by atoms with Crippen molar-refractivity contribution in [3.8, 4) is 22.3 Å². The van der Waals surface area contributed by atoms with Gasteiger partial charge in [0.25, 0.3) is 11.1 Å². The van der Waals surface area contributed by atoms with Crippen molar-refractivity contribution >= 4 is 11.6 Å². The van der Waals surface area contributed by atoms with Gasteiger partial charge in [0.1, 0.15) is 11.6 Å². The molecule has 0 aliphatic heterocycles. The van der Waals surface area contributed by atoms with Gasteiger partial charge in [-0.2, -0.15) is 0 Å². The zero-order valence-electron chi connectivity index (χ0n) is 33.6. The molecule has 8 nitrogen and oxygen atoms in total. The fraction of sp³-hybridized carbons (Fsp3) is 0.489. The maximum absolute atomic E-state index is 12.2. The Morgan fingerprint density at radius 3 is 1.60 bits per heavy atom. The number of aryl methyl sites for hydroxylation is 6. The van der Waals surface area contributed by atoms with Crippen LogP contribution in [0.15, 0.2) is 58.4 Å². The highest BCUT2D eigenvalue weighted by Gasteiger charge is 2.25. The molecule has 2 heterocycles. The third kappa shape index (κ3) is 8.86. The topological polar surface area (TPSA) is 93.4 Å². The summed E-state index contributed by atoms with van der Waals surface area (Å²) < 4.78 is 3.32. The van der Waals surface area contributed by atoms with Crippen LogP contribution in [0.3, 0.4) is 0 Å². The standard InChI is InChI=1S/C24H30N2O2.C23H28N2O2/c1-16-10-19(14-26(3)24(16)28)18-11-17-8-9-22(27)13-23(17)20(12-18)15-25(2)21-6-4-5-7-21;1-15-9-19(14-25(2)23(15)27)17-10-16-7-8-21(26)12-22(16)18(11-17)13-24-20-5-3-4-6-20/h10-12,14,21H,4-9,13,15H2,1-3H3;9-11,14,20,24H,3-8,12-13H2,1-2H3. The summed E-state index contributed by atoms with van der Waals surface area (Å²) >= 11 is 0. The number of rotatable bonds is 8. The van der Waals surface area contributed by atoms with E-state index in [9.17, 15) is 19.2 Å². The third-order valence-corrected chi connectivity index (χ3v) is 12.7. The van der Waals surface area contributed by atoms with Gasteiger partial charge >= 0.3 is 0 Å². The zero-order valence-corrected chi connectivity index (χ0v) is 33.6. The van der Waals surface area contributed by atoms with Crippen LogP contribution in [-0.2, 0) is 62.5 Å². The molecular weight excluding hydrogens is 685 g/mol. The summed E-state index contributed by atoms with van der Waals surface area (Å²) in [4.78, 5) is 50.8. The number of nitrogens with zero attached hydrogens (tertiary/aromatic N) is 3. The molecular formula is C47H58N4O4. The fourth-order valence-electron chi connectivity index (χ4n) is 9.44. The molecule has 0 atom stereocenters. The van der Waals surface area contributed by atoms with Crippen molar-refractivity contribution in [1.82, 2.24) is 19.4 Å². The normalized spacial score (nSPS) is 17.3. The van der Waals surface area contributed by atoms with Gasteiger partial charge in [0.2, 0.25) is 0 Å². The lowest BCUT2D eigenvalue weighted by Gasteiger charge is -2.28. The number of ketones is 2. The largest absolute Gasteiger partial charge is 0.318 e. The molecule has 8 heteroatoms. The Bertz CT molecular complexity index is 2160. The molecule has 4 aliphatic carbocycles. The predicted octanol–water partition coefficient (Wildman–Crippen LogP) is 7.24. The average Bonchev–Trinajstić information content (AvgIpc) is 3.91. The van der Waals surface area contributed by atoms with Gasteiger partial charge in [0.15, 0.2) is 0 Å². The van der Waals surface area contributed by atoms with Crippen LogP contribution in [0.25, 0.3) is 22.3 Å². The molecule has 0 bridgehead atoms. The quantitative estimate of drug-likeness (QED) is 0.205. The second kappa shape index (κ2) is 16.8. The maximum atomic E-state index is 12.2. The van der Waals surface area contributed by atoms with Crippen LogP contribution < -0.4 is 16.4 Å². The van der Waals surface area contributed by atoms with Crippen molar-refractivity contribution in [3.63, 3.8) is 0 Å². The van der Waals surface area contributed by atoms with Crippen LogP contribution >= 0.6 is 0 Å². The van der Waals surface area contributed by atoms with Gasteiger partial charge in [-0.25, -0.2) is 0 Å². The second-order valence-electron chi connectivity index (χ2n) is 16.8. The Hall–Kier alpha value is -4.40. The number of aromatic nitrogens is 2. The Morgan fingerprint density at radius 1 is 0.618 bits per heavy atom. The number of carbonyl (C=O) groups is 2. The molecule has 2 fully saturated rings. The molecule has 2 aromatic heterocycles. The first-order chi connectivity index (χ1) is 26.4. The molecule has 0 amide bonds. The van der Waals surface area contributed by atoms with Crippen LogP contribution in [0, 0.1) is 13.8 Å². The summed E-state index contributed by atoms with van der Waals surface area (Å²) in [5.74, 6) is 0.693. The van der Waals surface area contributed by atoms with Gasteiger partial charge in [-0.05, 0) is 139 Å². The minimum absolute atomic E-state index is 0.0467. The van der Waals surface area contributed by atoms with E-state index in [-0.39, 0.29) is 11.1 Å². The molecule has 0 saturated heterocycles. The van der Waals surface area contributed by atoms with Gasteiger partial charge in [0.05, 0.1) is 0 Å². The summed E-state index contributed by atoms with van der Waals surface area (Å²) in [5.41, 5.74) is 13.6. The number of nitrogens with one attached hydrogen (secondary N) is 1. The molecule has 1 N–H and O–H groups in total. The van der Waals surface area contributed by atoms with Gasteiger partial charge in [0, 0.05) is 88.5 Å². The average molecular weight is 743 g/mol. The third-order valence-electron chi connectivity index (χ3n) is 12.7. The van der Waals surface area contributed by atoms with Crippen LogP contribution in [0.2, 0.25) is 0 Å². The lowest BCUT2D eigenvalue weighted by atomic mass is 9.84. The van der Waals surface area contributed by atoms with Crippen molar-refractivity contribution in [3.05, 3.63) is 114 Å². The maximum Gasteiger partial charge on any atom is 0.253 e. The number of hydrogen-bond donors (Lipinski definition) is 1. The Kier molecular flexibility index (Phi) is 11.8. The highest BCUT2D eigenvalue weighted by Crippen LogP contribution is 2.33. The van der Waals surface area contributed by atoms with Gasteiger partial charge in [-0.15, -0.1) is 0 Å². The van der Waals surface area contributed by atoms with E-state index in [0.29, 0.717) is 49.3 Å². The summed E-state index contributed by atoms with van der Waals surface area (Å²) in [5, 5.41) is 3.71. The van der Waals surface area contributed by atoms with E-state index in [0.717, 1.165) is 59.3 Å². The first-order valence-electron chi connectivity index (χ1n) is 20.5. The Morgan fingerprint density at radius 2 is 1.09 bits per heavy atom. The smallest absolute Gasteiger partial charge is 0.253 e. The number of pyridine rings is 2. The SMILES string of the molecule is Cc1cc(-c2cc3c(c(CN(C)C4CCCC4)c2)CC(=O)CC3)cn(C)c1=O.Cc1cc(-c2cc3c(c(CNC4CCCC4)c2)CC(=O)CC3)cn(C)c1=O. The molecule has 4 aromatic rings. The molecule has 4 aliphatic rings. The highest BCUT2D eigenvalue weighted by atomic mass is 16.1. The van der Waals surface area contributed by atoms with E-state index in [4.69, 9.17) is 0 Å². The van der Waals surface area contributed by atoms with Gasteiger partial charge < -0.3 is 14.5 Å². The van der Waals surface area contributed by atoms with Crippen LogP contribution in [0.1, 0.15) is 109 Å². The molecule has 290 valence electrons. The van der Waals surface area contributed by atoms with E-state index >= 15 is 0 Å². The predicted molar refractivity (Wildman–Crippen MR) is 221 cm³/mol. The fourth-order valence-corrected chi connectivity index (χ4v) is 9.44. The summed E-state index contributed by atoms with van der Waals surface area (Å²) in [7, 11) is 5.83. The van der Waals surface area contributed by atoms with Crippen LogP contribution in [0.5, 0.6) is 0 Å². The minimum atomic E-state index is 0.0467. The van der Waals surface area contributed by atoms with Crippen molar-refractivity contribution in [1.29, 1.82) is 0 Å². The van der Waals surface area contributed by atoms with Gasteiger partial charge in [-0.3, -0.25) is 24.1 Å². The van der Waals surface area contributed by atoms with Crippen LogP contribution in [-0.4, -0.2) is 44.7 Å². The van der Waals surface area contributed by atoms with E-state index < -0.39 is 0 Å². The molecule has 2 saturated carbocycles. The Labute approximate surface area is 326 Å². The summed E-state index contributed by atoms with van der Waals surface area (Å²) in [6.07, 6.45) is 18.2. The van der Waals surface area contributed by atoms with Crippen molar-refractivity contribution in [2.75, 3.05) is 7.05 Å². The number of Topliss-reactive ketones (excluding diaryl/α,β-unsaturated/α-hetero) is 2. The van der Waals surface area contributed by atoms with Crippen molar-refractivity contribution in [2.45, 2.75) is 129 Å². The first-order valence-corrected chi connectivity index (χ1v) is 20.5. The van der Waals surface area contributed by atoms with E-state index in [1.165, 1.54) is 84.7 Å². The zero-order chi connectivity index (χ0) is 38.8. The molecule has 0 unspecified atom stereocenters. The van der Waals surface area contributed by atoms with Crippen molar-refractivity contribution < 1.29 is 9.59 Å². The number of carbonyl (C=O) groups excluding carboxylic acids is 2. The molecule has 2 aromatic carbocycles. The Balaban J connectivity index is 0.000000169. The van der Waals surface area contributed by atoms with Gasteiger partial charge in [-0.1, -0.05) is 37.8 Å². The second-order valence-corrected chi connectivity index (χ2v) is 16.8. The number of benzene rings is 2.